The van der Waals surface area contributed by atoms with E-state index >= 15 is 0 Å². The lowest BCUT2D eigenvalue weighted by Gasteiger charge is -2.06. The topological polar surface area (TPSA) is 56.7 Å². The van der Waals surface area contributed by atoms with Crippen LogP contribution in [0, 0.1) is 0 Å². The van der Waals surface area contributed by atoms with Crippen LogP contribution in [0.4, 0.5) is 5.69 Å². The molecule has 0 aliphatic rings. The van der Waals surface area contributed by atoms with Gasteiger partial charge in [-0.3, -0.25) is 0 Å². The largest absolute Gasteiger partial charge is 0.397 e. The van der Waals surface area contributed by atoms with Crippen molar-refractivity contribution in [3.63, 3.8) is 0 Å². The molecule has 0 amide bonds. The number of rotatable bonds is 2. The summed E-state index contributed by atoms with van der Waals surface area (Å²) in [5, 5.41) is 7.66. The van der Waals surface area contributed by atoms with Crippen LogP contribution in [-0.4, -0.2) is 15.0 Å². The van der Waals surface area contributed by atoms with E-state index in [0.717, 1.165) is 12.1 Å². The van der Waals surface area contributed by atoms with Crippen molar-refractivity contribution in [2.45, 2.75) is 13.3 Å². The number of hydrogen-bond donors (Lipinski definition) is 1. The summed E-state index contributed by atoms with van der Waals surface area (Å²) < 4.78 is 1.68. The highest BCUT2D eigenvalue weighted by Crippen LogP contribution is 2.17. The van der Waals surface area contributed by atoms with E-state index in [9.17, 15) is 0 Å². The molecular weight excluding hydrogens is 176 g/mol. The molecule has 0 saturated carbocycles. The summed E-state index contributed by atoms with van der Waals surface area (Å²) in [5.74, 6) is 0. The molecule has 0 radical (unpaired) electrons. The summed E-state index contributed by atoms with van der Waals surface area (Å²) >= 11 is 0. The van der Waals surface area contributed by atoms with Gasteiger partial charge in [-0.15, -0.1) is 5.10 Å². The smallest absolute Gasteiger partial charge is 0.0895 e. The molecule has 0 saturated heterocycles. The van der Waals surface area contributed by atoms with Crippen LogP contribution in [0.3, 0.4) is 0 Å². The van der Waals surface area contributed by atoms with E-state index in [1.807, 2.05) is 18.2 Å². The SMILES string of the molecule is CCc1ccc(N)c(-n2ccnn2)c1. The molecule has 0 unspecified atom stereocenters. The van der Waals surface area contributed by atoms with Crippen molar-refractivity contribution < 1.29 is 0 Å². The summed E-state index contributed by atoms with van der Waals surface area (Å²) in [6.07, 6.45) is 4.41. The van der Waals surface area contributed by atoms with Crippen LogP contribution in [0.1, 0.15) is 12.5 Å². The maximum absolute atomic E-state index is 5.85. The van der Waals surface area contributed by atoms with Gasteiger partial charge in [0.25, 0.3) is 0 Å². The highest BCUT2D eigenvalue weighted by atomic mass is 15.4. The van der Waals surface area contributed by atoms with E-state index in [-0.39, 0.29) is 0 Å². The van der Waals surface area contributed by atoms with Gasteiger partial charge in [-0.1, -0.05) is 18.2 Å². The van der Waals surface area contributed by atoms with Crippen molar-refractivity contribution in [2.24, 2.45) is 0 Å². The zero-order valence-corrected chi connectivity index (χ0v) is 8.01. The van der Waals surface area contributed by atoms with Crippen LogP contribution in [0.5, 0.6) is 0 Å². The van der Waals surface area contributed by atoms with Crippen LogP contribution >= 0.6 is 0 Å². The normalized spacial score (nSPS) is 10.4. The monoisotopic (exact) mass is 188 g/mol. The fourth-order valence-electron chi connectivity index (χ4n) is 1.34. The zero-order valence-electron chi connectivity index (χ0n) is 8.01. The first kappa shape index (κ1) is 8.74. The molecule has 4 nitrogen and oxygen atoms in total. The molecular formula is C10H12N4. The number of nitrogen functional groups attached to an aromatic ring is 1. The molecule has 1 heterocycles. The molecule has 4 heteroatoms. The van der Waals surface area contributed by atoms with Gasteiger partial charge in [0.15, 0.2) is 0 Å². The van der Waals surface area contributed by atoms with Crippen LogP contribution < -0.4 is 5.73 Å². The summed E-state index contributed by atoms with van der Waals surface area (Å²) in [6.45, 7) is 2.11. The minimum absolute atomic E-state index is 0.715. The molecule has 0 aliphatic carbocycles. The van der Waals surface area contributed by atoms with E-state index < -0.39 is 0 Å². The molecule has 2 aromatic rings. The van der Waals surface area contributed by atoms with Gasteiger partial charge in [0.2, 0.25) is 0 Å². The molecule has 72 valence electrons. The number of nitrogens with zero attached hydrogens (tertiary/aromatic N) is 3. The lowest BCUT2D eigenvalue weighted by atomic mass is 10.1. The van der Waals surface area contributed by atoms with Crippen LogP contribution in [0.25, 0.3) is 5.69 Å². The lowest BCUT2D eigenvalue weighted by Crippen LogP contribution is -2.01. The Hall–Kier alpha value is -1.84. The Balaban J connectivity index is 2.51. The van der Waals surface area contributed by atoms with Crippen molar-refractivity contribution in [3.05, 3.63) is 36.2 Å². The van der Waals surface area contributed by atoms with Gasteiger partial charge >= 0.3 is 0 Å². The number of aromatic nitrogens is 3. The van der Waals surface area contributed by atoms with E-state index in [1.54, 1.807) is 17.1 Å². The predicted molar refractivity (Wildman–Crippen MR) is 55.1 cm³/mol. The molecule has 0 spiro atoms. The van der Waals surface area contributed by atoms with E-state index in [4.69, 9.17) is 5.73 Å². The van der Waals surface area contributed by atoms with Crippen molar-refractivity contribution in [3.8, 4) is 5.69 Å². The summed E-state index contributed by atoms with van der Waals surface area (Å²) in [5.41, 5.74) is 8.69. The Labute approximate surface area is 82.4 Å². The molecule has 0 bridgehead atoms. The number of hydrogen-bond acceptors (Lipinski definition) is 3. The van der Waals surface area contributed by atoms with Crippen LogP contribution in [0.2, 0.25) is 0 Å². The van der Waals surface area contributed by atoms with Gasteiger partial charge < -0.3 is 5.73 Å². The first-order valence-corrected chi connectivity index (χ1v) is 4.56. The minimum Gasteiger partial charge on any atom is -0.397 e. The van der Waals surface area contributed by atoms with Crippen molar-refractivity contribution in [2.75, 3.05) is 5.73 Å². The Kier molecular flexibility index (Phi) is 2.18. The predicted octanol–water partition coefficient (Wildman–Crippen LogP) is 1.41. The van der Waals surface area contributed by atoms with Crippen molar-refractivity contribution >= 4 is 5.69 Å². The molecule has 0 aliphatic heterocycles. The van der Waals surface area contributed by atoms with Crippen LogP contribution in [0.15, 0.2) is 30.6 Å². The second-order valence-electron chi connectivity index (χ2n) is 3.09. The van der Waals surface area contributed by atoms with E-state index in [0.29, 0.717) is 5.69 Å². The fraction of sp³-hybridized carbons (Fsp3) is 0.200. The van der Waals surface area contributed by atoms with Gasteiger partial charge in [-0.25, -0.2) is 4.68 Å². The number of aryl methyl sites for hydroxylation is 1. The average Bonchev–Trinajstić information content (AvgIpc) is 2.71. The van der Waals surface area contributed by atoms with Crippen LogP contribution in [-0.2, 0) is 6.42 Å². The van der Waals surface area contributed by atoms with Gasteiger partial charge in [-0.05, 0) is 24.1 Å². The van der Waals surface area contributed by atoms with Gasteiger partial charge in [0, 0.05) is 0 Å². The molecule has 2 N–H and O–H groups in total. The molecule has 1 aromatic heterocycles. The quantitative estimate of drug-likeness (QED) is 0.725. The molecule has 1 aromatic carbocycles. The van der Waals surface area contributed by atoms with Gasteiger partial charge in [0.05, 0.1) is 23.8 Å². The number of benzene rings is 1. The minimum atomic E-state index is 0.715. The average molecular weight is 188 g/mol. The third-order valence-electron chi connectivity index (χ3n) is 2.17. The standard InChI is InChI=1S/C10H12N4/c1-2-8-3-4-9(11)10(7-8)14-6-5-12-13-14/h3-7H,2,11H2,1H3. The first-order chi connectivity index (χ1) is 6.81. The van der Waals surface area contributed by atoms with Gasteiger partial charge in [-0.2, -0.15) is 0 Å². The molecule has 14 heavy (non-hydrogen) atoms. The second kappa shape index (κ2) is 3.49. The zero-order chi connectivity index (χ0) is 9.97. The Bertz CT molecular complexity index is 420. The highest BCUT2D eigenvalue weighted by Gasteiger charge is 2.02. The second-order valence-corrected chi connectivity index (χ2v) is 3.09. The molecule has 0 fully saturated rings. The number of nitrogens with two attached hydrogens (primary N) is 1. The van der Waals surface area contributed by atoms with Crippen molar-refractivity contribution in [1.82, 2.24) is 15.0 Å². The summed E-state index contributed by atoms with van der Waals surface area (Å²) in [6, 6.07) is 5.95. The highest BCUT2D eigenvalue weighted by molar-refractivity contribution is 5.58. The fourth-order valence-corrected chi connectivity index (χ4v) is 1.34. The Morgan fingerprint density at radius 2 is 2.29 bits per heavy atom. The third-order valence-corrected chi connectivity index (χ3v) is 2.17. The third kappa shape index (κ3) is 1.46. The Morgan fingerprint density at radius 1 is 1.43 bits per heavy atom. The van der Waals surface area contributed by atoms with E-state index in [2.05, 4.69) is 17.2 Å². The first-order valence-electron chi connectivity index (χ1n) is 4.56. The summed E-state index contributed by atoms with van der Waals surface area (Å²) in [4.78, 5) is 0. The molecule has 0 atom stereocenters. The van der Waals surface area contributed by atoms with E-state index in [1.165, 1.54) is 5.56 Å². The van der Waals surface area contributed by atoms with Crippen molar-refractivity contribution in [1.29, 1.82) is 0 Å². The maximum atomic E-state index is 5.85. The van der Waals surface area contributed by atoms with Gasteiger partial charge in [0.1, 0.15) is 0 Å². The lowest BCUT2D eigenvalue weighted by molar-refractivity contribution is 0.803. The molecule has 2 rings (SSSR count). The maximum Gasteiger partial charge on any atom is 0.0895 e. The summed E-state index contributed by atoms with van der Waals surface area (Å²) in [7, 11) is 0. The number of anilines is 1. The Morgan fingerprint density at radius 3 is 2.93 bits per heavy atom.